The first-order chi connectivity index (χ1) is 14.3. The fourth-order valence-electron chi connectivity index (χ4n) is 2.68. The second-order valence-corrected chi connectivity index (χ2v) is 8.05. The molecular formula is C21H20FN3O4S. The van der Waals surface area contributed by atoms with Crippen molar-refractivity contribution in [2.24, 2.45) is 5.14 Å². The molecule has 0 bridgehead atoms. The number of sulfonamides is 1. The molecule has 2 aromatic carbocycles. The van der Waals surface area contributed by atoms with Gasteiger partial charge in [-0.05, 0) is 42.3 Å². The fourth-order valence-corrected chi connectivity index (χ4v) is 3.19. The molecule has 0 radical (unpaired) electrons. The van der Waals surface area contributed by atoms with Crippen molar-refractivity contribution in [3.63, 3.8) is 0 Å². The van der Waals surface area contributed by atoms with Crippen LogP contribution in [-0.2, 0) is 27.8 Å². The van der Waals surface area contributed by atoms with Gasteiger partial charge in [0.25, 0.3) is 0 Å². The van der Waals surface area contributed by atoms with Gasteiger partial charge in [0, 0.05) is 30.8 Å². The number of carbonyl (C=O) groups is 1. The maximum absolute atomic E-state index is 13.3. The van der Waals surface area contributed by atoms with E-state index >= 15 is 0 Å². The van der Waals surface area contributed by atoms with Crippen LogP contribution in [0.4, 0.5) is 4.39 Å². The predicted molar refractivity (Wildman–Crippen MR) is 109 cm³/mol. The van der Waals surface area contributed by atoms with Crippen LogP contribution < -0.4 is 15.2 Å². The Morgan fingerprint density at radius 2 is 1.87 bits per heavy atom. The number of nitrogens with zero attached hydrogens (tertiary/aromatic N) is 1. The standard InChI is InChI=1S/C21H20FN3O4S/c22-17-4-1-5-18(13-17)29-21-16(3-2-12-24-21)14-25-20(26)11-8-15-6-9-19(10-7-15)30(23,27)28/h1-7,9-10,12-13H,8,11,14H2,(H,25,26)(H2,23,27,28). The molecule has 0 saturated heterocycles. The smallest absolute Gasteiger partial charge is 0.238 e. The van der Waals surface area contributed by atoms with Crippen LogP contribution in [0.25, 0.3) is 0 Å². The SMILES string of the molecule is NS(=O)(=O)c1ccc(CCC(=O)NCc2cccnc2Oc2cccc(F)c2)cc1. The molecule has 3 N–H and O–H groups in total. The molecule has 3 rings (SSSR count). The topological polar surface area (TPSA) is 111 Å². The Morgan fingerprint density at radius 3 is 2.57 bits per heavy atom. The highest BCUT2D eigenvalue weighted by atomic mass is 32.2. The van der Waals surface area contributed by atoms with E-state index in [4.69, 9.17) is 9.88 Å². The van der Waals surface area contributed by atoms with E-state index < -0.39 is 15.8 Å². The van der Waals surface area contributed by atoms with E-state index in [-0.39, 0.29) is 29.6 Å². The molecule has 0 aliphatic carbocycles. The number of rotatable bonds is 8. The number of benzene rings is 2. The van der Waals surface area contributed by atoms with Crippen molar-refractivity contribution in [3.05, 3.63) is 83.8 Å². The van der Waals surface area contributed by atoms with Gasteiger partial charge in [0.2, 0.25) is 21.8 Å². The molecule has 0 spiro atoms. The minimum atomic E-state index is -3.74. The third-order valence-electron chi connectivity index (χ3n) is 4.23. The second kappa shape index (κ2) is 9.47. The highest BCUT2D eigenvalue weighted by Crippen LogP contribution is 2.23. The monoisotopic (exact) mass is 429 g/mol. The third-order valence-corrected chi connectivity index (χ3v) is 5.16. The van der Waals surface area contributed by atoms with Gasteiger partial charge in [-0.1, -0.05) is 24.3 Å². The Hall–Kier alpha value is -3.30. The Labute approximate surface area is 173 Å². The first-order valence-electron chi connectivity index (χ1n) is 9.07. The van der Waals surface area contributed by atoms with Crippen molar-refractivity contribution in [2.45, 2.75) is 24.3 Å². The van der Waals surface area contributed by atoms with Crippen molar-refractivity contribution >= 4 is 15.9 Å². The van der Waals surface area contributed by atoms with E-state index in [0.29, 0.717) is 17.7 Å². The number of nitrogens with two attached hydrogens (primary N) is 1. The third kappa shape index (κ3) is 6.10. The number of hydrogen-bond donors (Lipinski definition) is 2. The first-order valence-corrected chi connectivity index (χ1v) is 10.6. The summed E-state index contributed by atoms with van der Waals surface area (Å²) in [5.74, 6) is -0.0207. The van der Waals surface area contributed by atoms with Crippen LogP contribution in [0.3, 0.4) is 0 Å². The van der Waals surface area contributed by atoms with E-state index in [1.165, 1.54) is 30.3 Å². The second-order valence-electron chi connectivity index (χ2n) is 6.49. The zero-order valence-corrected chi connectivity index (χ0v) is 16.7. The van der Waals surface area contributed by atoms with Gasteiger partial charge in [-0.3, -0.25) is 4.79 Å². The van der Waals surface area contributed by atoms with Crippen molar-refractivity contribution in [1.82, 2.24) is 10.3 Å². The summed E-state index contributed by atoms with van der Waals surface area (Å²) >= 11 is 0. The van der Waals surface area contributed by atoms with Gasteiger partial charge < -0.3 is 10.1 Å². The molecule has 9 heteroatoms. The minimum absolute atomic E-state index is 0.0260. The number of carbonyl (C=O) groups excluding carboxylic acids is 1. The molecule has 7 nitrogen and oxygen atoms in total. The summed E-state index contributed by atoms with van der Waals surface area (Å²) in [5.41, 5.74) is 1.46. The molecule has 0 aliphatic rings. The summed E-state index contributed by atoms with van der Waals surface area (Å²) in [6.07, 6.45) is 2.21. The van der Waals surface area contributed by atoms with E-state index in [2.05, 4.69) is 10.3 Å². The number of ether oxygens (including phenoxy) is 1. The highest BCUT2D eigenvalue weighted by Gasteiger charge is 2.10. The molecule has 0 fully saturated rings. The van der Waals surface area contributed by atoms with Crippen molar-refractivity contribution in [2.75, 3.05) is 0 Å². The fraction of sp³-hybridized carbons (Fsp3) is 0.143. The molecule has 30 heavy (non-hydrogen) atoms. The lowest BCUT2D eigenvalue weighted by Gasteiger charge is -2.11. The summed E-state index contributed by atoms with van der Waals surface area (Å²) < 4.78 is 41.5. The average molecular weight is 429 g/mol. The van der Waals surface area contributed by atoms with Crippen molar-refractivity contribution in [1.29, 1.82) is 0 Å². The molecule has 0 unspecified atom stereocenters. The zero-order valence-electron chi connectivity index (χ0n) is 15.9. The molecule has 156 valence electrons. The van der Waals surface area contributed by atoms with Crippen LogP contribution in [0, 0.1) is 5.82 Å². The van der Waals surface area contributed by atoms with E-state index in [1.807, 2.05) is 0 Å². The number of halogens is 1. The summed E-state index contributed by atoms with van der Waals surface area (Å²) in [4.78, 5) is 16.4. The molecule has 3 aromatic rings. The zero-order chi connectivity index (χ0) is 21.6. The number of primary sulfonamides is 1. The van der Waals surface area contributed by atoms with Crippen molar-refractivity contribution in [3.8, 4) is 11.6 Å². The largest absolute Gasteiger partial charge is 0.439 e. The van der Waals surface area contributed by atoms with Crippen LogP contribution in [0.5, 0.6) is 11.6 Å². The summed E-state index contributed by atoms with van der Waals surface area (Å²) in [5, 5.41) is 7.86. The first kappa shape index (κ1) is 21.4. The van der Waals surface area contributed by atoms with E-state index in [9.17, 15) is 17.6 Å². The van der Waals surface area contributed by atoms with Crippen LogP contribution in [0.15, 0.2) is 71.8 Å². The van der Waals surface area contributed by atoms with Crippen LogP contribution in [0.2, 0.25) is 0 Å². The lowest BCUT2D eigenvalue weighted by molar-refractivity contribution is -0.121. The predicted octanol–water partition coefficient (Wildman–Crippen LogP) is 2.91. The Kier molecular flexibility index (Phi) is 6.76. The molecule has 0 saturated carbocycles. The molecule has 0 aliphatic heterocycles. The lowest BCUT2D eigenvalue weighted by atomic mass is 10.1. The van der Waals surface area contributed by atoms with E-state index in [0.717, 1.165) is 5.56 Å². The Balaban J connectivity index is 1.55. The average Bonchev–Trinajstić information content (AvgIpc) is 2.71. The van der Waals surface area contributed by atoms with Gasteiger partial charge in [0.1, 0.15) is 11.6 Å². The summed E-state index contributed by atoms with van der Waals surface area (Å²) in [6, 6.07) is 15.3. The van der Waals surface area contributed by atoms with Gasteiger partial charge in [-0.15, -0.1) is 0 Å². The Morgan fingerprint density at radius 1 is 1.10 bits per heavy atom. The quantitative estimate of drug-likeness (QED) is 0.572. The summed E-state index contributed by atoms with van der Waals surface area (Å²) in [7, 11) is -3.74. The summed E-state index contributed by atoms with van der Waals surface area (Å²) in [6.45, 7) is 0.196. The van der Waals surface area contributed by atoms with Crippen molar-refractivity contribution < 1.29 is 22.3 Å². The number of amides is 1. The molecular weight excluding hydrogens is 409 g/mol. The number of nitrogens with one attached hydrogen (secondary N) is 1. The number of hydrogen-bond acceptors (Lipinski definition) is 5. The van der Waals surface area contributed by atoms with Gasteiger partial charge >= 0.3 is 0 Å². The van der Waals surface area contributed by atoms with Crippen LogP contribution in [0.1, 0.15) is 17.5 Å². The minimum Gasteiger partial charge on any atom is -0.439 e. The number of aromatic nitrogens is 1. The van der Waals surface area contributed by atoms with Gasteiger partial charge in [0.05, 0.1) is 4.90 Å². The molecule has 1 heterocycles. The van der Waals surface area contributed by atoms with E-state index in [1.54, 1.807) is 36.5 Å². The van der Waals surface area contributed by atoms with Gasteiger partial charge in [-0.25, -0.2) is 22.9 Å². The number of aryl methyl sites for hydroxylation is 1. The lowest BCUT2D eigenvalue weighted by Crippen LogP contribution is -2.23. The maximum atomic E-state index is 13.3. The Bertz CT molecular complexity index is 1130. The normalized spacial score (nSPS) is 11.1. The van der Waals surface area contributed by atoms with Crippen LogP contribution >= 0.6 is 0 Å². The van der Waals surface area contributed by atoms with Crippen LogP contribution in [-0.4, -0.2) is 19.3 Å². The molecule has 0 atom stereocenters. The highest BCUT2D eigenvalue weighted by molar-refractivity contribution is 7.89. The molecule has 1 aromatic heterocycles. The maximum Gasteiger partial charge on any atom is 0.238 e. The molecule has 1 amide bonds. The van der Waals surface area contributed by atoms with Gasteiger partial charge in [0.15, 0.2) is 0 Å². The number of pyridine rings is 1. The van der Waals surface area contributed by atoms with Gasteiger partial charge in [-0.2, -0.15) is 0 Å².